The molecule has 0 bridgehead atoms. The van der Waals surface area contributed by atoms with Crippen LogP contribution in [0.3, 0.4) is 0 Å². The Bertz CT molecular complexity index is 390. The normalized spacial score (nSPS) is 10.6. The summed E-state index contributed by atoms with van der Waals surface area (Å²) in [6.45, 7) is 4.53. The lowest BCUT2D eigenvalue weighted by molar-refractivity contribution is -0.133. The number of rotatable bonds is 7. The Balaban J connectivity index is 2.50. The Hall–Kier alpha value is -1.01. The molecule has 0 saturated carbocycles. The van der Waals surface area contributed by atoms with Crippen LogP contribution in [0.15, 0.2) is 17.5 Å². The Morgan fingerprint density at radius 3 is 2.67 bits per heavy atom. The smallest absolute Gasteiger partial charge is 0.313 e. The van der Waals surface area contributed by atoms with Crippen LogP contribution in [-0.2, 0) is 16.1 Å². The summed E-state index contributed by atoms with van der Waals surface area (Å²) in [5.74, 6) is -0.709. The molecule has 1 amide bonds. The van der Waals surface area contributed by atoms with E-state index in [2.05, 4.69) is 0 Å². The van der Waals surface area contributed by atoms with Crippen LogP contribution in [0.4, 0.5) is 0 Å². The number of hydrogen-bond acceptors (Lipinski definition) is 4. The minimum atomic E-state index is -0.887. The molecule has 0 aliphatic carbocycles. The predicted octanol–water partition coefficient (Wildman–Crippen LogP) is 2.30. The molecule has 0 unspecified atom stereocenters. The quantitative estimate of drug-likeness (QED) is 0.836. The molecular formula is C12H17NO3S2. The summed E-state index contributed by atoms with van der Waals surface area (Å²) in [6.07, 6.45) is 0. The molecule has 6 heteroatoms. The van der Waals surface area contributed by atoms with E-state index in [1.165, 1.54) is 0 Å². The van der Waals surface area contributed by atoms with Crippen LogP contribution in [0.1, 0.15) is 18.7 Å². The van der Waals surface area contributed by atoms with Gasteiger partial charge in [-0.15, -0.1) is 23.1 Å². The molecule has 100 valence electrons. The molecule has 0 aliphatic heterocycles. The van der Waals surface area contributed by atoms with E-state index in [4.69, 9.17) is 5.11 Å². The van der Waals surface area contributed by atoms with Gasteiger partial charge in [-0.25, -0.2) is 0 Å². The molecule has 0 radical (unpaired) electrons. The number of carboxylic acid groups (broad SMARTS) is 1. The van der Waals surface area contributed by atoms with Crippen LogP contribution < -0.4 is 0 Å². The molecule has 1 N–H and O–H groups in total. The van der Waals surface area contributed by atoms with Crippen molar-refractivity contribution in [2.45, 2.75) is 26.4 Å². The fourth-order valence-corrected chi connectivity index (χ4v) is 2.76. The maximum absolute atomic E-state index is 12.0. The Kier molecular flexibility index (Phi) is 6.21. The summed E-state index contributed by atoms with van der Waals surface area (Å²) in [5, 5.41) is 10.5. The van der Waals surface area contributed by atoms with Crippen molar-refractivity contribution < 1.29 is 14.7 Å². The van der Waals surface area contributed by atoms with Gasteiger partial charge in [0.2, 0.25) is 5.91 Å². The maximum Gasteiger partial charge on any atom is 0.313 e. The monoisotopic (exact) mass is 287 g/mol. The molecule has 0 aromatic carbocycles. The van der Waals surface area contributed by atoms with Crippen LogP contribution >= 0.6 is 23.1 Å². The number of carbonyl (C=O) groups excluding carboxylic acids is 1. The Morgan fingerprint density at radius 1 is 1.44 bits per heavy atom. The molecule has 0 atom stereocenters. The average Bonchev–Trinajstić information content (AvgIpc) is 2.77. The van der Waals surface area contributed by atoms with Crippen molar-refractivity contribution in [2.75, 3.05) is 11.5 Å². The number of carboxylic acids is 1. The molecule has 0 spiro atoms. The Labute approximate surface area is 115 Å². The van der Waals surface area contributed by atoms with Crippen molar-refractivity contribution in [1.29, 1.82) is 0 Å². The van der Waals surface area contributed by atoms with Crippen LogP contribution in [0.2, 0.25) is 0 Å². The second-order valence-electron chi connectivity index (χ2n) is 4.08. The minimum Gasteiger partial charge on any atom is -0.481 e. The molecule has 18 heavy (non-hydrogen) atoms. The van der Waals surface area contributed by atoms with Gasteiger partial charge in [0.1, 0.15) is 0 Å². The van der Waals surface area contributed by atoms with Gasteiger partial charge in [0, 0.05) is 10.9 Å². The highest BCUT2D eigenvalue weighted by Gasteiger charge is 2.17. The van der Waals surface area contributed by atoms with Crippen LogP contribution in [0, 0.1) is 0 Å². The van der Waals surface area contributed by atoms with Gasteiger partial charge in [-0.3, -0.25) is 9.59 Å². The standard InChI is InChI=1S/C12H17NO3S2/c1-9(2)13(6-10-4-3-5-18-10)11(14)7-17-8-12(15)16/h3-5,9H,6-8H2,1-2H3,(H,15,16). The summed E-state index contributed by atoms with van der Waals surface area (Å²) in [6, 6.07) is 4.07. The fourth-order valence-electron chi connectivity index (χ4n) is 1.44. The third-order valence-corrected chi connectivity index (χ3v) is 4.06. The summed E-state index contributed by atoms with van der Waals surface area (Å²) in [7, 11) is 0. The number of amides is 1. The average molecular weight is 287 g/mol. The number of hydrogen-bond donors (Lipinski definition) is 1. The fraction of sp³-hybridized carbons (Fsp3) is 0.500. The van der Waals surface area contributed by atoms with Crippen molar-refractivity contribution in [3.05, 3.63) is 22.4 Å². The van der Waals surface area contributed by atoms with Gasteiger partial charge < -0.3 is 10.0 Å². The van der Waals surface area contributed by atoms with Crippen LogP contribution in [0.5, 0.6) is 0 Å². The second-order valence-corrected chi connectivity index (χ2v) is 6.10. The number of aliphatic carboxylic acids is 1. The molecule has 1 aromatic rings. The number of carbonyl (C=O) groups is 2. The number of thioether (sulfide) groups is 1. The third kappa shape index (κ3) is 5.10. The van der Waals surface area contributed by atoms with E-state index in [1.54, 1.807) is 16.2 Å². The zero-order valence-electron chi connectivity index (χ0n) is 10.5. The summed E-state index contributed by atoms with van der Waals surface area (Å²) in [5.41, 5.74) is 0. The highest BCUT2D eigenvalue weighted by atomic mass is 32.2. The van der Waals surface area contributed by atoms with E-state index < -0.39 is 5.97 Å². The van der Waals surface area contributed by atoms with Gasteiger partial charge in [-0.2, -0.15) is 0 Å². The SMILES string of the molecule is CC(C)N(Cc1cccs1)C(=O)CSCC(=O)O. The van der Waals surface area contributed by atoms with Gasteiger partial charge >= 0.3 is 5.97 Å². The second kappa shape index (κ2) is 7.43. The lowest BCUT2D eigenvalue weighted by atomic mass is 10.3. The number of nitrogens with zero attached hydrogens (tertiary/aromatic N) is 1. The summed E-state index contributed by atoms with van der Waals surface area (Å²) < 4.78 is 0. The van der Waals surface area contributed by atoms with E-state index >= 15 is 0 Å². The Morgan fingerprint density at radius 2 is 2.17 bits per heavy atom. The van der Waals surface area contributed by atoms with Crippen LogP contribution in [0.25, 0.3) is 0 Å². The topological polar surface area (TPSA) is 57.6 Å². The van der Waals surface area contributed by atoms with Crippen molar-refractivity contribution in [3.63, 3.8) is 0 Å². The highest BCUT2D eigenvalue weighted by molar-refractivity contribution is 8.00. The van der Waals surface area contributed by atoms with E-state index in [1.807, 2.05) is 31.4 Å². The molecule has 4 nitrogen and oxygen atoms in total. The first-order valence-electron chi connectivity index (χ1n) is 5.62. The molecule has 0 fully saturated rings. The molecule has 0 saturated heterocycles. The van der Waals surface area contributed by atoms with Gasteiger partial charge in [0.15, 0.2) is 0 Å². The van der Waals surface area contributed by atoms with E-state index in [0.717, 1.165) is 16.6 Å². The largest absolute Gasteiger partial charge is 0.481 e. The lowest BCUT2D eigenvalue weighted by Crippen LogP contribution is -2.37. The van der Waals surface area contributed by atoms with E-state index in [-0.39, 0.29) is 23.5 Å². The lowest BCUT2D eigenvalue weighted by Gasteiger charge is -2.26. The first-order valence-corrected chi connectivity index (χ1v) is 7.65. The van der Waals surface area contributed by atoms with E-state index in [0.29, 0.717) is 6.54 Å². The van der Waals surface area contributed by atoms with Gasteiger partial charge in [-0.1, -0.05) is 6.07 Å². The van der Waals surface area contributed by atoms with Crippen LogP contribution in [-0.4, -0.2) is 39.4 Å². The summed E-state index contributed by atoms with van der Waals surface area (Å²) in [4.78, 5) is 25.3. The van der Waals surface area contributed by atoms with Crippen molar-refractivity contribution >= 4 is 35.0 Å². The maximum atomic E-state index is 12.0. The first-order chi connectivity index (χ1) is 8.50. The number of thiophene rings is 1. The van der Waals surface area contributed by atoms with Gasteiger partial charge in [-0.05, 0) is 25.3 Å². The molecule has 0 aliphatic rings. The highest BCUT2D eigenvalue weighted by Crippen LogP contribution is 2.15. The molecule has 1 heterocycles. The van der Waals surface area contributed by atoms with E-state index in [9.17, 15) is 9.59 Å². The third-order valence-electron chi connectivity index (χ3n) is 2.30. The zero-order valence-corrected chi connectivity index (χ0v) is 12.1. The molecule has 1 rings (SSSR count). The minimum absolute atomic E-state index is 0.00958. The van der Waals surface area contributed by atoms with Gasteiger partial charge in [0.05, 0.1) is 18.1 Å². The predicted molar refractivity (Wildman–Crippen MR) is 75.0 cm³/mol. The first kappa shape index (κ1) is 15.0. The summed E-state index contributed by atoms with van der Waals surface area (Å²) >= 11 is 2.76. The van der Waals surface area contributed by atoms with Crippen molar-refractivity contribution in [1.82, 2.24) is 4.90 Å². The van der Waals surface area contributed by atoms with Crippen molar-refractivity contribution in [2.24, 2.45) is 0 Å². The van der Waals surface area contributed by atoms with Gasteiger partial charge in [0.25, 0.3) is 0 Å². The zero-order chi connectivity index (χ0) is 13.5. The van der Waals surface area contributed by atoms with Crippen molar-refractivity contribution in [3.8, 4) is 0 Å². The molecular weight excluding hydrogens is 270 g/mol. The molecule has 1 aromatic heterocycles.